The van der Waals surface area contributed by atoms with Crippen molar-refractivity contribution in [3.8, 4) is 5.69 Å². The molecular formula is C21H32N4O5S. The van der Waals surface area contributed by atoms with E-state index in [0.29, 0.717) is 6.54 Å². The van der Waals surface area contributed by atoms with Gasteiger partial charge in [-0.05, 0) is 44.7 Å². The first kappa shape index (κ1) is 28.1. The molecule has 10 heteroatoms. The van der Waals surface area contributed by atoms with E-state index in [2.05, 4.69) is 10.3 Å². The van der Waals surface area contributed by atoms with Gasteiger partial charge in [0.15, 0.2) is 0 Å². The van der Waals surface area contributed by atoms with Crippen molar-refractivity contribution in [2.75, 3.05) is 6.26 Å². The second-order valence-corrected chi connectivity index (χ2v) is 8.51. The van der Waals surface area contributed by atoms with Gasteiger partial charge in [-0.25, -0.2) is 4.98 Å². The van der Waals surface area contributed by atoms with E-state index in [1.165, 1.54) is 0 Å². The molecule has 0 bridgehead atoms. The fourth-order valence-corrected chi connectivity index (χ4v) is 2.53. The largest absolute Gasteiger partial charge is 0.481 e. The monoisotopic (exact) mass is 452 g/mol. The molecule has 31 heavy (non-hydrogen) atoms. The van der Waals surface area contributed by atoms with Crippen LogP contribution in [0.1, 0.15) is 39.1 Å². The predicted octanol–water partition coefficient (Wildman–Crippen LogP) is 2.45. The van der Waals surface area contributed by atoms with E-state index in [1.54, 1.807) is 18.0 Å². The molecule has 0 aliphatic carbocycles. The number of thioether (sulfide) groups is 1. The Morgan fingerprint density at radius 3 is 2.03 bits per heavy atom. The zero-order chi connectivity index (χ0) is 24.2. The van der Waals surface area contributed by atoms with Gasteiger partial charge < -0.3 is 25.8 Å². The number of carboxylic acid groups (broad SMARTS) is 2. The number of carbonyl (C=O) groups is 3. The molecule has 0 spiro atoms. The number of aryl methyl sites for hydroxylation is 1. The van der Waals surface area contributed by atoms with Crippen LogP contribution in [0.4, 0.5) is 0 Å². The van der Waals surface area contributed by atoms with E-state index >= 15 is 0 Å². The van der Waals surface area contributed by atoms with E-state index < -0.39 is 18.0 Å². The highest BCUT2D eigenvalue weighted by atomic mass is 32.2. The predicted molar refractivity (Wildman–Crippen MR) is 122 cm³/mol. The number of benzene rings is 1. The van der Waals surface area contributed by atoms with E-state index in [4.69, 9.17) is 25.5 Å². The van der Waals surface area contributed by atoms with Crippen LogP contribution in [0.2, 0.25) is 0 Å². The summed E-state index contributed by atoms with van der Waals surface area (Å²) in [4.78, 5) is 34.4. The third-order valence-electron chi connectivity index (χ3n) is 4.06. The number of nitrogens with one attached hydrogen (secondary N) is 1. The van der Waals surface area contributed by atoms with E-state index in [0.717, 1.165) is 30.9 Å². The first-order valence-electron chi connectivity index (χ1n) is 9.38. The van der Waals surface area contributed by atoms with Crippen LogP contribution < -0.4 is 11.1 Å². The third-order valence-corrected chi connectivity index (χ3v) is 5.37. The minimum atomic E-state index is -0.833. The second-order valence-electron chi connectivity index (χ2n) is 7.05. The number of aliphatic carboxylic acids is 2. The summed E-state index contributed by atoms with van der Waals surface area (Å²) < 4.78 is 1.73. The summed E-state index contributed by atoms with van der Waals surface area (Å²) in [5, 5.41) is 17.7. The maximum atomic E-state index is 12.2. The second kappa shape index (κ2) is 13.5. The van der Waals surface area contributed by atoms with Gasteiger partial charge in [-0.15, -0.1) is 0 Å². The Kier molecular flexibility index (Phi) is 12.2. The fraction of sp³-hybridized carbons (Fsp3) is 0.429. The number of hydrogen-bond acceptors (Lipinski definition) is 6. The lowest BCUT2D eigenvalue weighted by Crippen LogP contribution is -2.51. The van der Waals surface area contributed by atoms with Crippen LogP contribution in [-0.4, -0.2) is 54.7 Å². The number of amides is 1. The minimum Gasteiger partial charge on any atom is -0.481 e. The van der Waals surface area contributed by atoms with Crippen LogP contribution in [0.5, 0.6) is 0 Å². The first-order valence-corrected chi connectivity index (χ1v) is 10.6. The van der Waals surface area contributed by atoms with E-state index in [9.17, 15) is 4.79 Å². The van der Waals surface area contributed by atoms with Crippen molar-refractivity contribution in [1.82, 2.24) is 14.9 Å². The summed E-state index contributed by atoms with van der Waals surface area (Å²) in [6.45, 7) is 8.55. The number of nitrogens with zero attached hydrogens (tertiary/aromatic N) is 2. The number of imidazole rings is 1. The van der Waals surface area contributed by atoms with Gasteiger partial charge >= 0.3 is 0 Å². The normalized spacial score (nSPS) is 11.2. The van der Waals surface area contributed by atoms with Crippen molar-refractivity contribution in [3.05, 3.63) is 48.0 Å². The van der Waals surface area contributed by atoms with Crippen LogP contribution in [-0.2, 0) is 20.9 Å². The summed E-state index contributed by atoms with van der Waals surface area (Å²) in [5.41, 5.74) is 8.12. The number of carboxylic acids is 2. The van der Waals surface area contributed by atoms with Crippen LogP contribution in [0.3, 0.4) is 0 Å². The van der Waals surface area contributed by atoms with Gasteiger partial charge in [-0.3, -0.25) is 14.4 Å². The number of aromatic nitrogens is 2. The van der Waals surface area contributed by atoms with Crippen LogP contribution in [0, 0.1) is 6.92 Å². The summed E-state index contributed by atoms with van der Waals surface area (Å²) in [6.07, 6.45) is 5.66. The van der Waals surface area contributed by atoms with Crippen molar-refractivity contribution in [3.63, 3.8) is 0 Å². The molecule has 1 atom stereocenters. The Morgan fingerprint density at radius 2 is 1.65 bits per heavy atom. The molecular weight excluding hydrogens is 420 g/mol. The van der Waals surface area contributed by atoms with E-state index in [1.807, 2.05) is 62.1 Å². The zero-order valence-electron chi connectivity index (χ0n) is 18.7. The summed E-state index contributed by atoms with van der Waals surface area (Å²) in [7, 11) is 0. The molecule has 9 nitrogen and oxygen atoms in total. The summed E-state index contributed by atoms with van der Waals surface area (Å²) in [6, 6.07) is 7.50. The number of carbonyl (C=O) groups excluding carboxylic acids is 1. The Balaban J connectivity index is 0.000000967. The molecule has 0 aliphatic heterocycles. The first-order chi connectivity index (χ1) is 14.3. The van der Waals surface area contributed by atoms with Gasteiger partial charge in [0.2, 0.25) is 5.91 Å². The maximum Gasteiger partial charge on any atom is 0.300 e. The summed E-state index contributed by atoms with van der Waals surface area (Å²) in [5.74, 6) is -0.852. The number of hydrogen-bond donors (Lipinski definition) is 4. The molecule has 0 radical (unpaired) electrons. The van der Waals surface area contributed by atoms with Gasteiger partial charge in [-0.2, -0.15) is 11.8 Å². The lowest BCUT2D eigenvalue weighted by Gasteiger charge is -2.28. The fourth-order valence-electron chi connectivity index (χ4n) is 2.17. The van der Waals surface area contributed by atoms with Crippen LogP contribution in [0.15, 0.2) is 36.7 Å². The van der Waals surface area contributed by atoms with Crippen LogP contribution in [0.25, 0.3) is 5.69 Å². The molecule has 0 aliphatic rings. The lowest BCUT2D eigenvalue weighted by atomic mass is 10.0. The van der Waals surface area contributed by atoms with Crippen molar-refractivity contribution >= 4 is 29.6 Å². The number of rotatable bonds is 6. The van der Waals surface area contributed by atoms with Gasteiger partial charge in [-0.1, -0.05) is 12.1 Å². The third kappa shape index (κ3) is 11.2. The standard InChI is InChI=1S/C17H24N4OS.2C2H4O2/c1-12-19-9-10-21(12)14-7-5-13(6-8-14)11-20-16(22)15(18)17(2,3)23-4;2*1-2(3)4/h5-10,15H,11,18H2,1-4H3,(H,20,22);2*1H3,(H,3,4)/t15-;;/m1../s1. The molecule has 1 aromatic heterocycles. The van der Waals surface area contributed by atoms with Gasteiger partial charge in [0, 0.05) is 43.2 Å². The average molecular weight is 453 g/mol. The highest BCUT2D eigenvalue weighted by Crippen LogP contribution is 2.24. The Hall–Kier alpha value is -2.85. The SMILES string of the molecule is CC(=O)O.CC(=O)O.CSC(C)(C)[C@H](N)C(=O)NCc1ccc(-n2ccnc2C)cc1. The molecule has 2 aromatic rings. The molecule has 5 N–H and O–H groups in total. The number of nitrogens with two attached hydrogens (primary N) is 1. The van der Waals surface area contributed by atoms with Crippen LogP contribution >= 0.6 is 11.8 Å². The Morgan fingerprint density at radius 1 is 1.16 bits per heavy atom. The molecule has 0 unspecified atom stereocenters. The molecule has 0 saturated heterocycles. The molecule has 0 saturated carbocycles. The van der Waals surface area contributed by atoms with Crippen molar-refractivity contribution in [1.29, 1.82) is 0 Å². The van der Waals surface area contributed by atoms with Gasteiger partial charge in [0.05, 0.1) is 6.04 Å². The van der Waals surface area contributed by atoms with Crippen molar-refractivity contribution in [2.24, 2.45) is 5.73 Å². The molecule has 172 valence electrons. The quantitative estimate of drug-likeness (QED) is 0.522. The topological polar surface area (TPSA) is 148 Å². The maximum absolute atomic E-state index is 12.2. The molecule has 1 heterocycles. The lowest BCUT2D eigenvalue weighted by molar-refractivity contribution is -0.135. The molecule has 2 rings (SSSR count). The van der Waals surface area contributed by atoms with Crippen molar-refractivity contribution < 1.29 is 24.6 Å². The molecule has 1 aromatic carbocycles. The zero-order valence-corrected chi connectivity index (χ0v) is 19.6. The van der Waals surface area contributed by atoms with Gasteiger partial charge in [0.1, 0.15) is 5.82 Å². The Bertz CT molecular complexity index is 830. The molecule has 1 amide bonds. The highest BCUT2D eigenvalue weighted by molar-refractivity contribution is 8.00. The van der Waals surface area contributed by atoms with Crippen molar-refractivity contribution in [2.45, 2.75) is 52.0 Å². The Labute approximate surface area is 187 Å². The van der Waals surface area contributed by atoms with Gasteiger partial charge in [0.25, 0.3) is 11.9 Å². The van der Waals surface area contributed by atoms with E-state index in [-0.39, 0.29) is 10.7 Å². The average Bonchev–Trinajstić information content (AvgIpc) is 3.11. The summed E-state index contributed by atoms with van der Waals surface area (Å²) >= 11 is 1.59. The smallest absolute Gasteiger partial charge is 0.300 e. The highest BCUT2D eigenvalue weighted by Gasteiger charge is 2.30. The molecule has 0 fully saturated rings. The minimum absolute atomic E-state index is 0.126.